The number of hydrogen-bond donors (Lipinski definition) is 2. The first-order valence-corrected chi connectivity index (χ1v) is 16.0. The molecule has 2 N–H and O–H groups in total. The molecule has 2 saturated heterocycles. The molecule has 0 bridgehead atoms. The summed E-state index contributed by atoms with van der Waals surface area (Å²) in [6, 6.07) is 7.85. The molecule has 2 fully saturated rings. The van der Waals surface area contributed by atoms with E-state index in [1.54, 1.807) is 25.1 Å². The minimum absolute atomic E-state index is 0.0718. The number of alkyl halides is 1. The lowest BCUT2D eigenvalue weighted by Crippen LogP contribution is -2.46. The van der Waals surface area contributed by atoms with E-state index < -0.39 is 67.7 Å². The molecule has 1 aromatic carbocycles. The molecular formula is C28H38FN4O11P. The Morgan fingerprint density at radius 2 is 1.91 bits per heavy atom. The van der Waals surface area contributed by atoms with Crippen LogP contribution in [0.5, 0.6) is 5.75 Å². The van der Waals surface area contributed by atoms with Gasteiger partial charge in [0.2, 0.25) is 0 Å². The van der Waals surface area contributed by atoms with E-state index in [9.17, 15) is 23.7 Å². The van der Waals surface area contributed by atoms with Crippen LogP contribution in [0.25, 0.3) is 0 Å². The molecule has 15 nitrogen and oxygen atoms in total. The number of ether oxygens (including phenoxy) is 4. The summed E-state index contributed by atoms with van der Waals surface area (Å²) >= 11 is 0. The Kier molecular flexibility index (Phi) is 11.7. The number of esters is 2. The van der Waals surface area contributed by atoms with E-state index in [1.807, 2.05) is 9.88 Å². The monoisotopic (exact) mass is 656 g/mol. The summed E-state index contributed by atoms with van der Waals surface area (Å²) in [5.41, 5.74) is -4.19. The molecule has 1 aromatic heterocycles. The van der Waals surface area contributed by atoms with E-state index in [2.05, 4.69) is 5.09 Å². The molecule has 2 aliphatic heterocycles. The van der Waals surface area contributed by atoms with Crippen molar-refractivity contribution in [2.75, 3.05) is 46.1 Å². The molecule has 0 spiro atoms. The normalized spacial score (nSPS) is 25.6. The van der Waals surface area contributed by atoms with Crippen molar-refractivity contribution in [2.24, 2.45) is 0 Å². The zero-order valence-electron chi connectivity index (χ0n) is 25.2. The van der Waals surface area contributed by atoms with E-state index in [0.29, 0.717) is 32.8 Å². The third kappa shape index (κ3) is 9.08. The number of aromatic nitrogens is 2. The summed E-state index contributed by atoms with van der Waals surface area (Å²) in [5, 5.41) is 2.51. The zero-order valence-corrected chi connectivity index (χ0v) is 26.1. The van der Waals surface area contributed by atoms with Crippen molar-refractivity contribution in [3.8, 4) is 5.75 Å². The number of hydrogen-bond acceptors (Lipinski definition) is 12. The molecule has 0 amide bonds. The van der Waals surface area contributed by atoms with Crippen LogP contribution < -0.4 is 20.9 Å². The lowest BCUT2D eigenvalue weighted by molar-refractivity contribution is -0.158. The van der Waals surface area contributed by atoms with E-state index in [1.165, 1.54) is 19.1 Å². The SMILES string of the molecule is CCOC(=O)[C@H](C)N[P@](=O)(OC[C@H]1O[C@@H](n2ccc(=O)[nH]c2=O)[C@](C)(F)[C@@H]1OC(=O)CCN1CCOCC1)Oc1ccccc1. The first-order chi connectivity index (χ1) is 21.4. The number of aromatic amines is 1. The molecule has 0 saturated carbocycles. The average molecular weight is 657 g/mol. The molecule has 0 aliphatic carbocycles. The van der Waals surface area contributed by atoms with Crippen LogP contribution in [-0.4, -0.2) is 96.4 Å². The molecule has 3 heterocycles. The summed E-state index contributed by atoms with van der Waals surface area (Å²) in [7, 11) is -4.40. The average Bonchev–Trinajstić information content (AvgIpc) is 3.25. The second-order valence-electron chi connectivity index (χ2n) is 10.6. The highest BCUT2D eigenvalue weighted by Gasteiger charge is 2.58. The van der Waals surface area contributed by atoms with Crippen LogP contribution in [0.2, 0.25) is 0 Å². The standard InChI is InChI=1S/C28H38FN4O11P/c1-4-40-25(36)19(2)31-45(38,44-20-8-6-5-7-9-20)41-18-21-24(43-23(35)11-12-32-14-16-39-17-15-32)28(3,29)26(42-21)33-13-10-22(34)30-27(33)37/h5-10,13,19,21,24,26H,4,11-12,14-18H2,1-3H3,(H,31,38)(H,30,34,37)/t19-,21+,24+,26+,28+,45-/m0/s1. The van der Waals surface area contributed by atoms with E-state index >= 15 is 4.39 Å². The molecule has 248 valence electrons. The number of nitrogens with zero attached hydrogens (tertiary/aromatic N) is 2. The summed E-state index contributed by atoms with van der Waals surface area (Å²) in [6.45, 7) is 6.14. The van der Waals surface area contributed by atoms with Crippen LogP contribution in [0, 0.1) is 0 Å². The molecule has 2 aliphatic rings. The molecule has 2 aromatic rings. The maximum atomic E-state index is 16.6. The van der Waals surface area contributed by atoms with Gasteiger partial charge < -0.3 is 23.5 Å². The third-order valence-corrected chi connectivity index (χ3v) is 8.79. The van der Waals surface area contributed by atoms with Crippen LogP contribution in [-0.2, 0) is 37.6 Å². The van der Waals surface area contributed by atoms with Crippen molar-refractivity contribution in [1.82, 2.24) is 19.5 Å². The topological polar surface area (TPSA) is 177 Å². The largest absolute Gasteiger partial charge is 0.465 e. The van der Waals surface area contributed by atoms with Crippen molar-refractivity contribution in [2.45, 2.75) is 57.3 Å². The Balaban J connectivity index is 1.57. The van der Waals surface area contributed by atoms with Gasteiger partial charge in [0.05, 0.1) is 32.8 Å². The van der Waals surface area contributed by atoms with Gasteiger partial charge >= 0.3 is 25.4 Å². The highest BCUT2D eigenvalue weighted by Crippen LogP contribution is 2.48. The van der Waals surface area contributed by atoms with E-state index in [4.69, 9.17) is 28.0 Å². The number of para-hydroxylation sites is 1. The van der Waals surface area contributed by atoms with Gasteiger partial charge in [0.15, 0.2) is 18.0 Å². The van der Waals surface area contributed by atoms with Crippen molar-refractivity contribution in [3.05, 3.63) is 63.4 Å². The summed E-state index contributed by atoms with van der Waals surface area (Å²) in [5.74, 6) is -1.33. The van der Waals surface area contributed by atoms with Crippen molar-refractivity contribution >= 4 is 19.7 Å². The lowest BCUT2D eigenvalue weighted by atomic mass is 9.98. The second-order valence-corrected chi connectivity index (χ2v) is 12.3. The predicted molar refractivity (Wildman–Crippen MR) is 156 cm³/mol. The second kappa shape index (κ2) is 15.3. The quantitative estimate of drug-likeness (QED) is 0.221. The molecule has 4 rings (SSSR count). The number of carbonyl (C=O) groups excluding carboxylic acids is 2. The number of rotatable bonds is 14. The van der Waals surface area contributed by atoms with E-state index in [0.717, 1.165) is 23.8 Å². The molecule has 45 heavy (non-hydrogen) atoms. The molecule has 6 atom stereocenters. The van der Waals surface area contributed by atoms with Gasteiger partial charge in [-0.2, -0.15) is 5.09 Å². The summed E-state index contributed by atoms with van der Waals surface area (Å²) in [4.78, 5) is 53.5. The van der Waals surface area contributed by atoms with Gasteiger partial charge in [0, 0.05) is 31.9 Å². The lowest BCUT2D eigenvalue weighted by Gasteiger charge is -2.29. The smallest absolute Gasteiger partial charge is 0.459 e. The van der Waals surface area contributed by atoms with Crippen molar-refractivity contribution < 1.29 is 46.5 Å². The number of morpholine rings is 1. The Hall–Kier alpha value is -3.40. The minimum atomic E-state index is -4.40. The van der Waals surface area contributed by atoms with Crippen molar-refractivity contribution in [1.29, 1.82) is 0 Å². The van der Waals surface area contributed by atoms with Crippen LogP contribution >= 0.6 is 7.75 Å². The fourth-order valence-corrected chi connectivity index (χ4v) is 6.36. The van der Waals surface area contributed by atoms with Gasteiger partial charge in [-0.25, -0.2) is 13.8 Å². The first kappa shape index (κ1) is 34.5. The van der Waals surface area contributed by atoms with Crippen LogP contribution in [0.3, 0.4) is 0 Å². The van der Waals surface area contributed by atoms with Gasteiger partial charge in [-0.3, -0.25) is 33.4 Å². The highest BCUT2D eigenvalue weighted by molar-refractivity contribution is 7.52. The molecular weight excluding hydrogens is 618 g/mol. The van der Waals surface area contributed by atoms with Gasteiger partial charge in [0.1, 0.15) is 17.9 Å². The zero-order chi connectivity index (χ0) is 32.6. The number of H-pyrrole nitrogens is 1. The van der Waals surface area contributed by atoms with E-state index in [-0.39, 0.29) is 18.8 Å². The van der Waals surface area contributed by atoms with Gasteiger partial charge in [-0.1, -0.05) is 18.2 Å². The fourth-order valence-electron chi connectivity index (χ4n) is 4.85. The molecule has 0 radical (unpaired) electrons. The van der Waals surface area contributed by atoms with Crippen LogP contribution in [0.15, 0.2) is 52.2 Å². The van der Waals surface area contributed by atoms with Crippen LogP contribution in [0.1, 0.15) is 33.4 Å². The third-order valence-electron chi connectivity index (χ3n) is 7.15. The number of nitrogens with one attached hydrogen (secondary N) is 2. The number of benzene rings is 1. The Labute approximate surface area is 258 Å². The summed E-state index contributed by atoms with van der Waals surface area (Å²) in [6.07, 6.45) is -3.75. The maximum absolute atomic E-state index is 16.6. The Bertz CT molecular complexity index is 1460. The Morgan fingerprint density at radius 3 is 2.58 bits per heavy atom. The van der Waals surface area contributed by atoms with Gasteiger partial charge in [-0.05, 0) is 32.9 Å². The summed E-state index contributed by atoms with van der Waals surface area (Å²) < 4.78 is 64.4. The van der Waals surface area contributed by atoms with Gasteiger partial charge in [-0.15, -0.1) is 0 Å². The molecule has 0 unspecified atom stereocenters. The Morgan fingerprint density at radius 1 is 1.20 bits per heavy atom. The molecule has 17 heteroatoms. The first-order valence-electron chi connectivity index (χ1n) is 14.5. The van der Waals surface area contributed by atoms with Gasteiger partial charge in [0.25, 0.3) is 5.56 Å². The number of halogens is 1. The predicted octanol–water partition coefficient (Wildman–Crippen LogP) is 1.54. The number of carbonyl (C=O) groups is 2. The highest BCUT2D eigenvalue weighted by atomic mass is 31.2. The minimum Gasteiger partial charge on any atom is -0.465 e. The maximum Gasteiger partial charge on any atom is 0.459 e. The van der Waals surface area contributed by atoms with Crippen molar-refractivity contribution in [3.63, 3.8) is 0 Å². The fraction of sp³-hybridized carbons (Fsp3) is 0.571. The van der Waals surface area contributed by atoms with Crippen LogP contribution in [0.4, 0.5) is 4.39 Å².